The van der Waals surface area contributed by atoms with E-state index in [0.29, 0.717) is 28.9 Å². The molecular weight excluding hydrogens is 418 g/mol. The zero-order chi connectivity index (χ0) is 23.0. The second kappa shape index (κ2) is 8.34. The molecule has 1 amide bonds. The van der Waals surface area contributed by atoms with Crippen LogP contribution in [0, 0.1) is 17.3 Å². The van der Waals surface area contributed by atoms with Gasteiger partial charge in [-0.15, -0.1) is 0 Å². The van der Waals surface area contributed by atoms with Crippen LogP contribution in [-0.4, -0.2) is 50.9 Å². The molecular formula is C23H24F2N4O3. The van der Waals surface area contributed by atoms with Crippen LogP contribution >= 0.6 is 0 Å². The molecule has 0 radical (unpaired) electrons. The van der Waals surface area contributed by atoms with Crippen molar-refractivity contribution in [1.82, 2.24) is 19.9 Å². The number of alkyl halides is 2. The van der Waals surface area contributed by atoms with Gasteiger partial charge in [0.05, 0.1) is 29.8 Å². The van der Waals surface area contributed by atoms with Crippen LogP contribution in [-0.2, 0) is 4.79 Å². The fourth-order valence-corrected chi connectivity index (χ4v) is 3.75. The number of ether oxygens (including phenoxy) is 2. The molecule has 1 fully saturated rings. The average Bonchev–Trinajstić information content (AvgIpc) is 3.09. The molecule has 0 spiro atoms. The number of hydrogen-bond acceptors (Lipinski definition) is 6. The minimum absolute atomic E-state index is 0.0286. The van der Waals surface area contributed by atoms with E-state index in [-0.39, 0.29) is 30.8 Å². The third-order valence-corrected chi connectivity index (χ3v) is 5.50. The van der Waals surface area contributed by atoms with E-state index in [1.165, 1.54) is 18.7 Å². The van der Waals surface area contributed by atoms with Gasteiger partial charge in [-0.25, -0.2) is 18.7 Å². The van der Waals surface area contributed by atoms with Crippen LogP contribution in [0.5, 0.6) is 11.8 Å². The fraction of sp³-hybridized carbons (Fsp3) is 0.478. The zero-order valence-electron chi connectivity index (χ0n) is 18.3. The predicted octanol–water partition coefficient (Wildman–Crippen LogP) is 3.38. The number of carbonyl (C=O) groups is 1. The van der Waals surface area contributed by atoms with E-state index in [2.05, 4.69) is 26.8 Å². The van der Waals surface area contributed by atoms with Gasteiger partial charge in [0.2, 0.25) is 5.91 Å². The van der Waals surface area contributed by atoms with Gasteiger partial charge in [0.1, 0.15) is 17.3 Å². The lowest BCUT2D eigenvalue weighted by molar-refractivity contribution is -0.149. The van der Waals surface area contributed by atoms with Crippen LogP contribution in [0.15, 0.2) is 24.8 Å². The molecule has 2 aromatic heterocycles. The molecule has 2 aliphatic heterocycles. The number of likely N-dealkylation sites (tertiary alicyclic amines) is 1. The number of amides is 1. The van der Waals surface area contributed by atoms with Crippen LogP contribution in [0.25, 0.3) is 0 Å². The maximum absolute atomic E-state index is 13.4. The summed E-state index contributed by atoms with van der Waals surface area (Å²) in [6.07, 6.45) is 3.82. The Morgan fingerprint density at radius 1 is 1.22 bits per heavy atom. The van der Waals surface area contributed by atoms with Crippen molar-refractivity contribution in [1.29, 1.82) is 0 Å². The molecule has 0 aromatic carbocycles. The summed E-state index contributed by atoms with van der Waals surface area (Å²) in [5.41, 5.74) is 0.0597. The topological polar surface area (TPSA) is 77.4 Å². The number of hydrogen-bond donors (Lipinski definition) is 0. The molecule has 168 valence electrons. The Morgan fingerprint density at radius 3 is 2.59 bits per heavy atom. The van der Waals surface area contributed by atoms with Gasteiger partial charge in [-0.3, -0.25) is 9.78 Å². The first-order valence-corrected chi connectivity index (χ1v) is 10.4. The van der Waals surface area contributed by atoms with Crippen molar-refractivity contribution in [2.24, 2.45) is 5.41 Å². The van der Waals surface area contributed by atoms with Crippen LogP contribution in [0.3, 0.4) is 0 Å². The highest BCUT2D eigenvalue weighted by Crippen LogP contribution is 2.46. The molecule has 0 saturated carbocycles. The van der Waals surface area contributed by atoms with E-state index in [0.717, 1.165) is 0 Å². The molecule has 2 bridgehead atoms. The quantitative estimate of drug-likeness (QED) is 0.676. The van der Waals surface area contributed by atoms with Gasteiger partial charge in [-0.2, -0.15) is 0 Å². The second-order valence-electron chi connectivity index (χ2n) is 8.75. The van der Waals surface area contributed by atoms with E-state index < -0.39 is 17.7 Å². The number of rotatable bonds is 4. The molecule has 7 nitrogen and oxygen atoms in total. The summed E-state index contributed by atoms with van der Waals surface area (Å²) in [7, 11) is 0. The Balaban J connectivity index is 1.60. The second-order valence-corrected chi connectivity index (χ2v) is 8.75. The molecule has 0 aliphatic carbocycles. The maximum Gasteiger partial charge on any atom is 0.316 e. The predicted molar refractivity (Wildman–Crippen MR) is 111 cm³/mol. The summed E-state index contributed by atoms with van der Waals surface area (Å²) >= 11 is 0. The summed E-state index contributed by atoms with van der Waals surface area (Å²) in [4.78, 5) is 26.9. The lowest BCUT2D eigenvalue weighted by Gasteiger charge is -2.32. The Morgan fingerprint density at radius 2 is 1.94 bits per heavy atom. The van der Waals surface area contributed by atoms with Gasteiger partial charge in [0, 0.05) is 36.8 Å². The fourth-order valence-electron chi connectivity index (χ4n) is 3.75. The minimum Gasteiger partial charge on any atom is -0.487 e. The molecule has 2 atom stereocenters. The van der Waals surface area contributed by atoms with Crippen molar-refractivity contribution >= 4 is 5.91 Å². The SMILES string of the molecule is CC(C)Oc1ncc(C#Cc2cncc3c2O[C@H]2C[C@@H]3N(C(=O)C(C)(C)C(F)F)C2)cn1. The Kier molecular flexibility index (Phi) is 5.71. The highest BCUT2D eigenvalue weighted by Gasteiger charge is 2.49. The summed E-state index contributed by atoms with van der Waals surface area (Å²) in [6, 6.07) is -0.0833. The molecule has 4 rings (SSSR count). The number of nitrogens with zero attached hydrogens (tertiary/aromatic N) is 4. The van der Waals surface area contributed by atoms with Crippen molar-refractivity contribution in [3.8, 4) is 23.6 Å². The van der Waals surface area contributed by atoms with Crippen LogP contribution in [0.4, 0.5) is 8.78 Å². The summed E-state index contributed by atoms with van der Waals surface area (Å²) < 4.78 is 38.4. The standard InChI is InChI=1S/C23H24F2N4O3/c1-13(2)31-22-27-8-14(9-28-22)5-6-15-10-26-11-17-18-7-16(32-19(15)17)12-29(18)21(30)23(3,4)20(24)25/h8-11,13,16,18,20H,7,12H2,1-4H3/t16-,18-/m0/s1. The van der Waals surface area contributed by atoms with E-state index in [1.54, 1.807) is 24.8 Å². The smallest absolute Gasteiger partial charge is 0.316 e. The van der Waals surface area contributed by atoms with Gasteiger partial charge in [-0.05, 0) is 27.7 Å². The summed E-state index contributed by atoms with van der Waals surface area (Å²) in [5, 5.41) is 0. The molecule has 2 aliphatic rings. The monoisotopic (exact) mass is 442 g/mol. The lowest BCUT2D eigenvalue weighted by Crippen LogP contribution is -2.44. The maximum atomic E-state index is 13.4. The zero-order valence-corrected chi connectivity index (χ0v) is 18.3. The highest BCUT2D eigenvalue weighted by molar-refractivity contribution is 5.83. The third-order valence-electron chi connectivity index (χ3n) is 5.50. The number of aromatic nitrogens is 3. The van der Waals surface area contributed by atoms with E-state index in [1.807, 2.05) is 13.8 Å². The van der Waals surface area contributed by atoms with Gasteiger partial charge in [-0.1, -0.05) is 11.8 Å². The Hall–Kier alpha value is -3.28. The van der Waals surface area contributed by atoms with E-state index in [4.69, 9.17) is 9.47 Å². The molecule has 0 N–H and O–H groups in total. The van der Waals surface area contributed by atoms with Crippen molar-refractivity contribution < 1.29 is 23.0 Å². The lowest BCUT2D eigenvalue weighted by atomic mass is 9.91. The number of pyridine rings is 1. The Labute approximate surface area is 185 Å². The minimum atomic E-state index is -2.76. The molecule has 9 heteroatoms. The highest BCUT2D eigenvalue weighted by atomic mass is 19.3. The van der Waals surface area contributed by atoms with Crippen LogP contribution in [0.1, 0.15) is 56.8 Å². The molecule has 32 heavy (non-hydrogen) atoms. The number of carbonyl (C=O) groups excluding carboxylic acids is 1. The van der Waals surface area contributed by atoms with Crippen LogP contribution < -0.4 is 9.47 Å². The largest absolute Gasteiger partial charge is 0.487 e. The Bertz CT molecular complexity index is 1080. The van der Waals surface area contributed by atoms with Crippen LogP contribution in [0.2, 0.25) is 0 Å². The third kappa shape index (κ3) is 4.09. The molecule has 0 unspecified atom stereocenters. The summed E-state index contributed by atoms with van der Waals surface area (Å²) in [6.45, 7) is 6.57. The van der Waals surface area contributed by atoms with Gasteiger partial charge in [0.15, 0.2) is 0 Å². The van der Waals surface area contributed by atoms with Gasteiger partial charge in [0.25, 0.3) is 6.43 Å². The van der Waals surface area contributed by atoms with Crippen molar-refractivity contribution in [2.45, 2.75) is 58.8 Å². The molecule has 1 saturated heterocycles. The average molecular weight is 442 g/mol. The van der Waals surface area contributed by atoms with E-state index >= 15 is 0 Å². The first-order chi connectivity index (χ1) is 15.2. The first-order valence-electron chi connectivity index (χ1n) is 10.4. The van der Waals surface area contributed by atoms with Crippen molar-refractivity contribution in [2.75, 3.05) is 6.54 Å². The van der Waals surface area contributed by atoms with Crippen molar-refractivity contribution in [3.63, 3.8) is 0 Å². The number of fused-ring (bicyclic) bond motifs is 4. The van der Waals surface area contributed by atoms with Gasteiger partial charge >= 0.3 is 6.01 Å². The molecule has 2 aromatic rings. The first kappa shape index (κ1) is 21.9. The normalized spacial score (nSPS) is 19.3. The van der Waals surface area contributed by atoms with Gasteiger partial charge < -0.3 is 14.4 Å². The summed E-state index contributed by atoms with van der Waals surface area (Å²) in [5.74, 6) is 5.97. The molecule has 4 heterocycles. The number of halogens is 2. The van der Waals surface area contributed by atoms with Crippen molar-refractivity contribution in [3.05, 3.63) is 41.5 Å². The van der Waals surface area contributed by atoms with E-state index in [9.17, 15) is 13.6 Å².